The van der Waals surface area contributed by atoms with Crippen LogP contribution < -0.4 is 0 Å². The van der Waals surface area contributed by atoms with Gasteiger partial charge >= 0.3 is 0 Å². The van der Waals surface area contributed by atoms with Gasteiger partial charge in [-0.05, 0) is 12.5 Å². The van der Waals surface area contributed by atoms with Crippen molar-refractivity contribution in [2.45, 2.75) is 31.6 Å². The van der Waals surface area contributed by atoms with E-state index in [1.807, 2.05) is 37.6 Å². The van der Waals surface area contributed by atoms with Crippen molar-refractivity contribution in [3.05, 3.63) is 53.6 Å². The Morgan fingerprint density at radius 2 is 2.00 bits per heavy atom. The summed E-state index contributed by atoms with van der Waals surface area (Å²) in [6.45, 7) is 6.31. The molecule has 104 valence electrons. The number of fused-ring (bicyclic) bond motifs is 1. The van der Waals surface area contributed by atoms with E-state index >= 15 is 0 Å². The summed E-state index contributed by atoms with van der Waals surface area (Å²) in [5, 5.41) is 0. The zero-order chi connectivity index (χ0) is 14.5. The van der Waals surface area contributed by atoms with Gasteiger partial charge in [0.2, 0.25) is 0 Å². The van der Waals surface area contributed by atoms with Crippen LogP contribution in [0.15, 0.2) is 36.8 Å². The van der Waals surface area contributed by atoms with E-state index in [4.69, 9.17) is 0 Å². The molecule has 1 aliphatic carbocycles. The Balaban J connectivity index is 2.28. The van der Waals surface area contributed by atoms with E-state index < -0.39 is 0 Å². The summed E-state index contributed by atoms with van der Waals surface area (Å²) in [5.74, 6) is 0.166. The van der Waals surface area contributed by atoms with Gasteiger partial charge in [0.1, 0.15) is 0 Å². The van der Waals surface area contributed by atoms with Crippen molar-refractivity contribution in [1.82, 2.24) is 9.55 Å². The molecule has 0 saturated carbocycles. The predicted molar refractivity (Wildman–Crippen MR) is 82.4 cm³/mol. The Labute approximate surface area is 127 Å². The fourth-order valence-electron chi connectivity index (χ4n) is 3.12. The molecule has 2 unspecified atom stereocenters. The van der Waals surface area contributed by atoms with Crippen molar-refractivity contribution in [3.8, 4) is 0 Å². The molecule has 1 heterocycles. The van der Waals surface area contributed by atoms with Crippen LogP contribution in [0.25, 0.3) is 0 Å². The second-order valence-electron chi connectivity index (χ2n) is 5.98. The van der Waals surface area contributed by atoms with Gasteiger partial charge in [-0.1, -0.05) is 54.0 Å². The van der Waals surface area contributed by atoms with Crippen LogP contribution in [0.5, 0.6) is 0 Å². The van der Waals surface area contributed by atoms with Crippen LogP contribution >= 0.6 is 15.9 Å². The molecule has 0 spiro atoms. The molecule has 4 heteroatoms. The third kappa shape index (κ3) is 1.78. The van der Waals surface area contributed by atoms with Crippen LogP contribution in [0.2, 0.25) is 0 Å². The van der Waals surface area contributed by atoms with E-state index in [1.165, 1.54) is 0 Å². The minimum atomic E-state index is -0.225. The van der Waals surface area contributed by atoms with E-state index in [9.17, 15) is 4.79 Å². The van der Waals surface area contributed by atoms with Gasteiger partial charge in [0.05, 0.1) is 17.2 Å². The molecule has 0 saturated heterocycles. The summed E-state index contributed by atoms with van der Waals surface area (Å²) >= 11 is 3.61. The van der Waals surface area contributed by atoms with E-state index in [1.54, 1.807) is 0 Å². The number of Topliss-reactive ketones (excluding diaryl/α,β-unsaturated/α-hetero) is 1. The van der Waals surface area contributed by atoms with Crippen LogP contribution in [0.3, 0.4) is 0 Å². The lowest BCUT2D eigenvalue weighted by molar-refractivity contribution is 0.0890. The molecule has 0 amide bonds. The Morgan fingerprint density at radius 3 is 2.65 bits per heavy atom. The fraction of sp³-hybridized carbons (Fsp3) is 0.375. The van der Waals surface area contributed by atoms with E-state index in [0.717, 1.165) is 16.8 Å². The first kappa shape index (κ1) is 13.6. The van der Waals surface area contributed by atoms with Crippen molar-refractivity contribution < 1.29 is 4.79 Å². The van der Waals surface area contributed by atoms with Gasteiger partial charge in [0, 0.05) is 22.9 Å². The van der Waals surface area contributed by atoms with Gasteiger partial charge in [-0.2, -0.15) is 0 Å². The second-order valence-corrected chi connectivity index (χ2v) is 6.90. The summed E-state index contributed by atoms with van der Waals surface area (Å²) in [6, 6.07) is 7.99. The number of carbonyl (C=O) groups is 1. The highest BCUT2D eigenvalue weighted by molar-refractivity contribution is 9.10. The van der Waals surface area contributed by atoms with Crippen LogP contribution in [0, 0.1) is 12.3 Å². The molecule has 1 aromatic carbocycles. The number of carbonyl (C=O) groups excluding carboxylic acids is 1. The lowest BCUT2D eigenvalue weighted by Gasteiger charge is -2.43. The molecule has 1 aliphatic rings. The quantitative estimate of drug-likeness (QED) is 0.745. The molecule has 2 atom stereocenters. The number of nitrogens with zero attached hydrogens (tertiary/aromatic N) is 2. The summed E-state index contributed by atoms with van der Waals surface area (Å²) in [7, 11) is 0. The second kappa shape index (κ2) is 4.55. The monoisotopic (exact) mass is 332 g/mol. The first-order chi connectivity index (χ1) is 9.44. The SMILES string of the molecule is Cc1cncn1C1c2ccccc2C(=O)C(Br)C1(C)C. The lowest BCUT2D eigenvalue weighted by Crippen LogP contribution is -2.45. The number of ketones is 1. The van der Waals surface area contributed by atoms with Crippen LogP contribution in [-0.2, 0) is 0 Å². The highest BCUT2D eigenvalue weighted by Crippen LogP contribution is 2.48. The molecule has 0 aliphatic heterocycles. The standard InChI is InChI=1S/C16H17BrN2O/c1-10-8-18-9-19(10)15-12-7-5-4-6-11(12)13(20)14(17)16(15,2)3/h4-9,14-15H,1-3H3. The molecule has 3 rings (SSSR count). The largest absolute Gasteiger partial charge is 0.327 e. The molecule has 20 heavy (non-hydrogen) atoms. The highest BCUT2D eigenvalue weighted by Gasteiger charge is 2.47. The molecule has 0 N–H and O–H groups in total. The Bertz CT molecular complexity index is 675. The fourth-order valence-corrected chi connectivity index (χ4v) is 3.62. The maximum atomic E-state index is 12.6. The molecule has 0 fully saturated rings. The normalized spacial score (nSPS) is 24.5. The average Bonchev–Trinajstić information content (AvgIpc) is 2.83. The Kier molecular flexibility index (Phi) is 3.09. The summed E-state index contributed by atoms with van der Waals surface area (Å²) in [6.07, 6.45) is 3.71. The minimum absolute atomic E-state index is 0.100. The average molecular weight is 333 g/mol. The van der Waals surface area contributed by atoms with E-state index in [2.05, 4.69) is 45.4 Å². The number of hydrogen-bond donors (Lipinski definition) is 0. The summed E-state index contributed by atoms with van der Waals surface area (Å²) in [5.41, 5.74) is 2.77. The van der Waals surface area contributed by atoms with Crippen molar-refractivity contribution in [1.29, 1.82) is 0 Å². The Morgan fingerprint density at radius 1 is 1.30 bits per heavy atom. The topological polar surface area (TPSA) is 34.9 Å². The highest BCUT2D eigenvalue weighted by atomic mass is 79.9. The van der Waals surface area contributed by atoms with Crippen LogP contribution in [0.1, 0.15) is 41.5 Å². The van der Waals surface area contributed by atoms with Gasteiger partial charge < -0.3 is 4.57 Å². The van der Waals surface area contributed by atoms with E-state index in [0.29, 0.717) is 0 Å². The van der Waals surface area contributed by atoms with E-state index in [-0.39, 0.29) is 22.1 Å². The molecule has 2 aromatic rings. The van der Waals surface area contributed by atoms with Crippen molar-refractivity contribution in [2.24, 2.45) is 5.41 Å². The van der Waals surface area contributed by atoms with Crippen molar-refractivity contribution in [2.75, 3.05) is 0 Å². The number of aromatic nitrogens is 2. The third-order valence-corrected chi connectivity index (χ3v) is 5.84. The van der Waals surface area contributed by atoms with Gasteiger partial charge in [-0.15, -0.1) is 0 Å². The zero-order valence-corrected chi connectivity index (χ0v) is 13.4. The van der Waals surface area contributed by atoms with Gasteiger partial charge in [-0.3, -0.25) is 4.79 Å². The van der Waals surface area contributed by atoms with Gasteiger partial charge in [0.15, 0.2) is 5.78 Å². The van der Waals surface area contributed by atoms with Crippen LogP contribution in [0.4, 0.5) is 0 Å². The smallest absolute Gasteiger partial charge is 0.177 e. The molecule has 0 radical (unpaired) electrons. The van der Waals surface area contributed by atoms with Gasteiger partial charge in [-0.25, -0.2) is 4.98 Å². The minimum Gasteiger partial charge on any atom is -0.327 e. The Hall–Kier alpha value is -1.42. The maximum absolute atomic E-state index is 12.6. The summed E-state index contributed by atoms with van der Waals surface area (Å²) in [4.78, 5) is 16.6. The number of alkyl halides is 1. The molecule has 3 nitrogen and oxygen atoms in total. The third-order valence-electron chi connectivity index (χ3n) is 4.25. The molecular formula is C16H17BrN2O. The zero-order valence-electron chi connectivity index (χ0n) is 11.8. The number of aryl methyl sites for hydroxylation is 1. The number of rotatable bonds is 1. The molecular weight excluding hydrogens is 316 g/mol. The van der Waals surface area contributed by atoms with Crippen molar-refractivity contribution in [3.63, 3.8) is 0 Å². The number of benzene rings is 1. The van der Waals surface area contributed by atoms with Crippen LogP contribution in [-0.4, -0.2) is 20.2 Å². The molecule has 0 bridgehead atoms. The van der Waals surface area contributed by atoms with Gasteiger partial charge in [0.25, 0.3) is 0 Å². The summed E-state index contributed by atoms with van der Waals surface area (Å²) < 4.78 is 2.17. The predicted octanol–water partition coefficient (Wildman–Crippen LogP) is 3.77. The first-order valence-electron chi connectivity index (χ1n) is 6.70. The number of halogens is 1. The molecule has 1 aromatic heterocycles. The van der Waals surface area contributed by atoms with Crippen molar-refractivity contribution >= 4 is 21.7 Å². The number of imidazole rings is 1. The first-order valence-corrected chi connectivity index (χ1v) is 7.62. The maximum Gasteiger partial charge on any atom is 0.177 e. The number of hydrogen-bond acceptors (Lipinski definition) is 2. The lowest BCUT2D eigenvalue weighted by atomic mass is 9.69.